The van der Waals surface area contributed by atoms with Crippen molar-refractivity contribution in [3.8, 4) is 5.75 Å². The predicted octanol–water partition coefficient (Wildman–Crippen LogP) is 4.76. The Labute approximate surface area is 183 Å². The van der Waals surface area contributed by atoms with Crippen LogP contribution in [-0.2, 0) is 16.1 Å². The van der Waals surface area contributed by atoms with Gasteiger partial charge in [-0.1, -0.05) is 55.3 Å². The number of halogens is 1. The number of nitrogens with one attached hydrogen (secondary N) is 1. The van der Waals surface area contributed by atoms with Gasteiger partial charge in [0.15, 0.2) is 0 Å². The molecule has 1 amide bonds. The van der Waals surface area contributed by atoms with E-state index in [0.717, 1.165) is 5.56 Å². The molecule has 1 heterocycles. The highest BCUT2D eigenvalue weighted by Gasteiger charge is 2.23. The Balaban J connectivity index is 1.67. The highest BCUT2D eigenvalue weighted by atomic mass is 35.5. The topological polar surface area (TPSA) is 94.8 Å². The first kappa shape index (κ1) is 22.4. The van der Waals surface area contributed by atoms with E-state index in [1.807, 2.05) is 37.3 Å². The fraction of sp³-hybridized carbons (Fsp3) is 0.261. The van der Waals surface area contributed by atoms with Gasteiger partial charge in [0.05, 0.1) is 0 Å². The lowest BCUT2D eigenvalue weighted by atomic mass is 10.1. The molecule has 1 N–H and O–H groups in total. The van der Waals surface area contributed by atoms with Gasteiger partial charge in [0.2, 0.25) is 0 Å². The lowest BCUT2D eigenvalue weighted by molar-refractivity contribution is -0.136. The van der Waals surface area contributed by atoms with E-state index in [2.05, 4.69) is 5.32 Å². The Morgan fingerprint density at radius 2 is 1.90 bits per heavy atom. The summed E-state index contributed by atoms with van der Waals surface area (Å²) in [6, 6.07) is 13.0. The predicted molar refractivity (Wildman–Crippen MR) is 116 cm³/mol. The summed E-state index contributed by atoms with van der Waals surface area (Å²) in [5.41, 5.74) is 0.999. The summed E-state index contributed by atoms with van der Waals surface area (Å²) in [4.78, 5) is 36.6. The first-order valence-corrected chi connectivity index (χ1v) is 10.2. The van der Waals surface area contributed by atoms with Crippen LogP contribution in [0.2, 0.25) is 5.02 Å². The summed E-state index contributed by atoms with van der Waals surface area (Å²) >= 11 is 5.93. The summed E-state index contributed by atoms with van der Waals surface area (Å²) < 4.78 is 15.8. The molecule has 3 rings (SSSR count). The van der Waals surface area contributed by atoms with Crippen molar-refractivity contribution in [3.63, 3.8) is 0 Å². The Morgan fingerprint density at radius 3 is 2.61 bits per heavy atom. The summed E-state index contributed by atoms with van der Waals surface area (Å²) in [7, 11) is 0. The minimum Gasteiger partial charge on any atom is -0.445 e. The summed E-state index contributed by atoms with van der Waals surface area (Å²) in [6.07, 6.45) is 0.300. The van der Waals surface area contributed by atoms with E-state index in [1.165, 1.54) is 6.07 Å². The SMILES string of the molecule is CCC[C@@H](NC(=O)OCc1ccccc1)C(=O)Oc1ccc2c(C)c(Cl)c(=O)oc2c1. The van der Waals surface area contributed by atoms with Crippen molar-refractivity contribution in [1.82, 2.24) is 5.32 Å². The molecule has 1 aromatic heterocycles. The Hall–Kier alpha value is -3.32. The molecular formula is C23H22ClNO6. The summed E-state index contributed by atoms with van der Waals surface area (Å²) in [5.74, 6) is -0.464. The molecule has 8 heteroatoms. The van der Waals surface area contributed by atoms with Crippen molar-refractivity contribution >= 4 is 34.6 Å². The van der Waals surface area contributed by atoms with E-state index in [9.17, 15) is 14.4 Å². The fourth-order valence-corrected chi connectivity index (χ4v) is 3.15. The van der Waals surface area contributed by atoms with Crippen molar-refractivity contribution in [2.75, 3.05) is 0 Å². The van der Waals surface area contributed by atoms with Crippen molar-refractivity contribution in [2.24, 2.45) is 0 Å². The standard InChI is InChI=1S/C23H22ClNO6/c1-3-7-18(25-23(28)29-13-15-8-5-4-6-9-15)21(26)30-16-10-11-17-14(2)20(24)22(27)31-19(17)12-16/h4-6,8-12,18H,3,7,13H2,1-2H3,(H,25,28)/t18-/m1/s1. The molecule has 0 radical (unpaired) electrons. The molecule has 0 aliphatic rings. The fourth-order valence-electron chi connectivity index (χ4n) is 3.01. The van der Waals surface area contributed by atoms with Gasteiger partial charge >= 0.3 is 17.7 Å². The van der Waals surface area contributed by atoms with Crippen LogP contribution in [0.4, 0.5) is 4.79 Å². The summed E-state index contributed by atoms with van der Waals surface area (Å²) in [6.45, 7) is 3.68. The Kier molecular flexibility index (Phi) is 7.31. The maximum absolute atomic E-state index is 12.6. The number of alkyl carbamates (subject to hydrolysis) is 1. The second-order valence-corrected chi connectivity index (χ2v) is 7.33. The average molecular weight is 444 g/mol. The van der Waals surface area contributed by atoms with Crippen molar-refractivity contribution < 1.29 is 23.5 Å². The third-order valence-electron chi connectivity index (χ3n) is 4.65. The van der Waals surface area contributed by atoms with Gasteiger partial charge in [-0.15, -0.1) is 0 Å². The number of fused-ring (bicyclic) bond motifs is 1. The van der Waals surface area contributed by atoms with Crippen LogP contribution in [0.1, 0.15) is 30.9 Å². The van der Waals surface area contributed by atoms with E-state index < -0.39 is 23.7 Å². The van der Waals surface area contributed by atoms with E-state index in [-0.39, 0.29) is 23.0 Å². The maximum Gasteiger partial charge on any atom is 0.408 e. The number of hydrogen-bond donors (Lipinski definition) is 1. The van der Waals surface area contributed by atoms with Crippen LogP contribution in [-0.4, -0.2) is 18.1 Å². The second kappa shape index (κ2) is 10.1. The van der Waals surface area contributed by atoms with Gasteiger partial charge in [-0.2, -0.15) is 0 Å². The Morgan fingerprint density at radius 1 is 1.16 bits per heavy atom. The summed E-state index contributed by atoms with van der Waals surface area (Å²) in [5, 5.41) is 3.19. The molecular weight excluding hydrogens is 422 g/mol. The number of aryl methyl sites for hydroxylation is 1. The van der Waals surface area contributed by atoms with E-state index in [4.69, 9.17) is 25.5 Å². The number of hydrogen-bond acceptors (Lipinski definition) is 6. The van der Waals surface area contributed by atoms with E-state index >= 15 is 0 Å². The number of carbonyl (C=O) groups excluding carboxylic acids is 2. The smallest absolute Gasteiger partial charge is 0.408 e. The largest absolute Gasteiger partial charge is 0.445 e. The van der Waals surface area contributed by atoms with Gasteiger partial charge in [-0.3, -0.25) is 0 Å². The van der Waals surface area contributed by atoms with Crippen molar-refractivity contribution in [2.45, 2.75) is 39.3 Å². The molecule has 162 valence electrons. The molecule has 7 nitrogen and oxygen atoms in total. The van der Waals surface area contributed by atoms with Crippen LogP contribution >= 0.6 is 11.6 Å². The number of amides is 1. The van der Waals surface area contributed by atoms with Crippen LogP contribution in [0.25, 0.3) is 11.0 Å². The Bertz CT molecular complexity index is 1140. The lowest BCUT2D eigenvalue weighted by Gasteiger charge is -2.17. The van der Waals surface area contributed by atoms with Gasteiger partial charge in [0.25, 0.3) is 0 Å². The molecule has 0 bridgehead atoms. The number of rotatable bonds is 7. The van der Waals surface area contributed by atoms with E-state index in [0.29, 0.717) is 23.8 Å². The molecule has 0 spiro atoms. The van der Waals surface area contributed by atoms with Gasteiger partial charge in [-0.25, -0.2) is 14.4 Å². The zero-order valence-corrected chi connectivity index (χ0v) is 17.9. The number of benzene rings is 2. The highest BCUT2D eigenvalue weighted by Crippen LogP contribution is 2.26. The highest BCUT2D eigenvalue weighted by molar-refractivity contribution is 6.31. The first-order valence-electron chi connectivity index (χ1n) is 9.81. The van der Waals surface area contributed by atoms with Crippen LogP contribution in [0.15, 0.2) is 57.7 Å². The monoisotopic (exact) mass is 443 g/mol. The molecule has 1 atom stereocenters. The van der Waals surface area contributed by atoms with Crippen molar-refractivity contribution in [1.29, 1.82) is 0 Å². The van der Waals surface area contributed by atoms with Gasteiger partial charge < -0.3 is 19.2 Å². The van der Waals surface area contributed by atoms with Gasteiger partial charge in [-0.05, 0) is 36.6 Å². The quantitative estimate of drug-likeness (QED) is 0.321. The van der Waals surface area contributed by atoms with Crippen molar-refractivity contribution in [3.05, 3.63) is 75.1 Å². The lowest BCUT2D eigenvalue weighted by Crippen LogP contribution is -2.43. The van der Waals surface area contributed by atoms with Crippen LogP contribution < -0.4 is 15.7 Å². The van der Waals surface area contributed by atoms with E-state index in [1.54, 1.807) is 19.1 Å². The molecule has 0 saturated carbocycles. The minimum atomic E-state index is -0.886. The molecule has 0 saturated heterocycles. The molecule has 31 heavy (non-hydrogen) atoms. The molecule has 2 aromatic carbocycles. The maximum atomic E-state index is 12.6. The molecule has 0 fully saturated rings. The minimum absolute atomic E-state index is 0.0125. The van der Waals surface area contributed by atoms with Gasteiger partial charge in [0.1, 0.15) is 29.0 Å². The van der Waals surface area contributed by atoms with Crippen LogP contribution in [0, 0.1) is 6.92 Å². The van der Waals surface area contributed by atoms with Crippen LogP contribution in [0.3, 0.4) is 0 Å². The number of esters is 1. The number of carbonyl (C=O) groups is 2. The van der Waals surface area contributed by atoms with Crippen LogP contribution in [0.5, 0.6) is 5.75 Å². The normalized spacial score (nSPS) is 11.7. The average Bonchev–Trinajstić information content (AvgIpc) is 2.76. The molecule has 0 aliphatic heterocycles. The molecule has 0 aliphatic carbocycles. The third kappa shape index (κ3) is 5.64. The third-order valence-corrected chi connectivity index (χ3v) is 5.09. The van der Waals surface area contributed by atoms with Gasteiger partial charge in [0, 0.05) is 11.5 Å². The second-order valence-electron chi connectivity index (χ2n) is 6.95. The first-order chi connectivity index (χ1) is 14.9. The number of ether oxygens (including phenoxy) is 2. The zero-order valence-electron chi connectivity index (χ0n) is 17.1. The zero-order chi connectivity index (χ0) is 22.4. The molecule has 0 unspecified atom stereocenters. The molecule has 3 aromatic rings.